The van der Waals surface area contributed by atoms with E-state index < -0.39 is 12.1 Å². The topological polar surface area (TPSA) is 98.5 Å². The van der Waals surface area contributed by atoms with Crippen molar-refractivity contribution < 1.29 is 23.5 Å². The molecule has 1 N–H and O–H groups in total. The van der Waals surface area contributed by atoms with Crippen LogP contribution >= 0.6 is 0 Å². The van der Waals surface area contributed by atoms with E-state index in [1.807, 2.05) is 49.4 Å². The Morgan fingerprint density at radius 2 is 1.81 bits per heavy atom. The van der Waals surface area contributed by atoms with Crippen LogP contribution < -0.4 is 5.32 Å². The van der Waals surface area contributed by atoms with Crippen molar-refractivity contribution in [2.45, 2.75) is 19.8 Å². The molecule has 0 aliphatic carbocycles. The van der Waals surface area contributed by atoms with Gasteiger partial charge in [0.05, 0.1) is 5.69 Å². The van der Waals surface area contributed by atoms with Crippen molar-refractivity contribution in [2.75, 3.05) is 0 Å². The van der Waals surface area contributed by atoms with Crippen molar-refractivity contribution in [3.05, 3.63) is 95.0 Å². The zero-order chi connectivity index (χ0) is 22.5. The number of oxazole rings is 1. The number of ketones is 1. The lowest BCUT2D eigenvalue weighted by Crippen LogP contribution is -2.11. The van der Waals surface area contributed by atoms with E-state index in [1.165, 1.54) is 6.08 Å². The summed E-state index contributed by atoms with van der Waals surface area (Å²) < 4.78 is 10.1. The third-order valence-corrected chi connectivity index (χ3v) is 4.93. The molecule has 1 amide bonds. The summed E-state index contributed by atoms with van der Waals surface area (Å²) in [7, 11) is 0. The molecule has 0 saturated carbocycles. The Balaban J connectivity index is 1.35. The first-order valence-corrected chi connectivity index (χ1v) is 10.1. The highest BCUT2D eigenvalue weighted by Crippen LogP contribution is 2.22. The normalized spacial score (nSPS) is 14.7. The molecule has 0 unspecified atom stereocenters. The Labute approximate surface area is 184 Å². The number of carbonyl (C=O) groups excluding carboxylic acids is 3. The third kappa shape index (κ3) is 4.89. The van der Waals surface area contributed by atoms with Crippen LogP contribution in [0.5, 0.6) is 0 Å². The van der Waals surface area contributed by atoms with Gasteiger partial charge >= 0.3 is 12.1 Å². The van der Waals surface area contributed by atoms with Crippen LogP contribution in [0.3, 0.4) is 0 Å². The highest BCUT2D eigenvalue weighted by atomic mass is 16.6. The van der Waals surface area contributed by atoms with Gasteiger partial charge in [-0.05, 0) is 30.7 Å². The minimum absolute atomic E-state index is 0.0164. The third-order valence-electron chi connectivity index (χ3n) is 4.93. The quantitative estimate of drug-likeness (QED) is 0.255. The molecule has 4 rings (SSSR count). The minimum Gasteiger partial charge on any atom is -0.441 e. The highest BCUT2D eigenvalue weighted by molar-refractivity contribution is 6.04. The van der Waals surface area contributed by atoms with E-state index in [9.17, 15) is 14.4 Å². The van der Waals surface area contributed by atoms with Crippen molar-refractivity contribution in [1.29, 1.82) is 0 Å². The highest BCUT2D eigenvalue weighted by Gasteiger charge is 2.25. The van der Waals surface area contributed by atoms with Gasteiger partial charge in [-0.2, -0.15) is 0 Å². The molecule has 2 heterocycles. The molecule has 7 heteroatoms. The maximum atomic E-state index is 12.6. The number of carbonyl (C=O) groups is 3. The molecule has 0 spiro atoms. The van der Waals surface area contributed by atoms with Gasteiger partial charge in [0.2, 0.25) is 5.89 Å². The molecule has 0 atom stereocenters. The molecule has 3 aromatic rings. The van der Waals surface area contributed by atoms with Gasteiger partial charge in [0.15, 0.2) is 5.78 Å². The lowest BCUT2D eigenvalue weighted by Gasteiger charge is -2.01. The standard InChI is InChI=1S/C25H20N2O5/c1-16-20(26-23(31-16)19-7-3-2-4-8-19)14-15-22(28)18-12-10-17(11-13-18)6-5-9-21-24(29)32-25(30)27-21/h2-13H,14-15H2,1H3,(H,27,30). The number of hydrogen-bond donors (Lipinski definition) is 1. The maximum absolute atomic E-state index is 12.6. The van der Waals surface area contributed by atoms with Gasteiger partial charge in [0, 0.05) is 24.0 Å². The summed E-state index contributed by atoms with van der Waals surface area (Å²) in [5, 5.41) is 2.30. The zero-order valence-electron chi connectivity index (χ0n) is 17.3. The predicted octanol–water partition coefficient (Wildman–Crippen LogP) is 4.63. The van der Waals surface area contributed by atoms with Crippen LogP contribution in [0.1, 0.15) is 33.8 Å². The second-order valence-electron chi connectivity index (χ2n) is 7.17. The number of ether oxygens (including phenoxy) is 1. The van der Waals surface area contributed by atoms with Crippen LogP contribution in [-0.2, 0) is 16.0 Å². The lowest BCUT2D eigenvalue weighted by atomic mass is 10.0. The second-order valence-corrected chi connectivity index (χ2v) is 7.17. The van der Waals surface area contributed by atoms with E-state index in [2.05, 4.69) is 15.0 Å². The van der Waals surface area contributed by atoms with Gasteiger partial charge in [0.1, 0.15) is 11.5 Å². The number of aryl methyl sites for hydroxylation is 2. The lowest BCUT2D eigenvalue weighted by molar-refractivity contribution is -0.130. The summed E-state index contributed by atoms with van der Waals surface area (Å²) in [5.41, 5.74) is 3.21. The van der Waals surface area contributed by atoms with Crippen LogP contribution in [0, 0.1) is 6.92 Å². The van der Waals surface area contributed by atoms with Crippen LogP contribution in [0.25, 0.3) is 17.5 Å². The number of rotatable bonds is 7. The molecule has 1 aliphatic rings. The van der Waals surface area contributed by atoms with E-state index in [0.29, 0.717) is 30.1 Å². The number of aromatic nitrogens is 1. The summed E-state index contributed by atoms with van der Waals surface area (Å²) in [6.45, 7) is 1.85. The molecule has 1 saturated heterocycles. The molecule has 1 fully saturated rings. The van der Waals surface area contributed by atoms with Gasteiger partial charge in [-0.15, -0.1) is 0 Å². The number of hydrogen-bond acceptors (Lipinski definition) is 6. The fourth-order valence-electron chi connectivity index (χ4n) is 3.21. The minimum atomic E-state index is -0.783. The monoisotopic (exact) mass is 428 g/mol. The van der Waals surface area contributed by atoms with E-state index in [4.69, 9.17) is 4.42 Å². The predicted molar refractivity (Wildman–Crippen MR) is 118 cm³/mol. The number of nitrogens with zero attached hydrogens (tertiary/aromatic N) is 1. The van der Waals surface area contributed by atoms with Gasteiger partial charge in [-0.3, -0.25) is 10.1 Å². The molecule has 7 nitrogen and oxygen atoms in total. The van der Waals surface area contributed by atoms with E-state index in [-0.39, 0.29) is 11.5 Å². The van der Waals surface area contributed by atoms with E-state index in [1.54, 1.807) is 24.3 Å². The first-order chi connectivity index (χ1) is 15.5. The largest absolute Gasteiger partial charge is 0.441 e. The summed E-state index contributed by atoms with van der Waals surface area (Å²) in [4.78, 5) is 39.5. The SMILES string of the molecule is Cc1oc(-c2ccccc2)nc1CCC(=O)c1ccc(C=CC=C2NC(=O)OC2=O)cc1. The first kappa shape index (κ1) is 21.0. The number of Topliss-reactive ketones (excluding diaryl/α,β-unsaturated/α-hetero) is 1. The number of nitrogens with one attached hydrogen (secondary N) is 1. The number of allylic oxidation sites excluding steroid dienone is 2. The number of benzene rings is 2. The number of esters is 1. The Morgan fingerprint density at radius 3 is 2.50 bits per heavy atom. The van der Waals surface area contributed by atoms with Crippen molar-refractivity contribution in [3.8, 4) is 11.5 Å². The molecule has 1 aliphatic heterocycles. The molecule has 0 bridgehead atoms. The van der Waals surface area contributed by atoms with Crippen LogP contribution in [0.15, 0.2) is 76.9 Å². The molecule has 2 aromatic carbocycles. The summed E-state index contributed by atoms with van der Waals surface area (Å²) >= 11 is 0. The van der Waals surface area contributed by atoms with Crippen molar-refractivity contribution >= 4 is 23.9 Å². The van der Waals surface area contributed by atoms with Crippen LogP contribution in [0.4, 0.5) is 4.79 Å². The number of amides is 1. The Kier molecular flexibility index (Phi) is 6.07. The van der Waals surface area contributed by atoms with E-state index in [0.717, 1.165) is 16.8 Å². The molecular weight excluding hydrogens is 408 g/mol. The average Bonchev–Trinajstić information content (AvgIpc) is 3.33. The average molecular weight is 428 g/mol. The van der Waals surface area contributed by atoms with E-state index >= 15 is 0 Å². The van der Waals surface area contributed by atoms with Crippen molar-refractivity contribution in [2.24, 2.45) is 0 Å². The second kappa shape index (κ2) is 9.26. The molecular formula is C25H20N2O5. The van der Waals surface area contributed by atoms with Gasteiger partial charge < -0.3 is 9.15 Å². The van der Waals surface area contributed by atoms with Crippen molar-refractivity contribution in [3.63, 3.8) is 0 Å². The summed E-state index contributed by atoms with van der Waals surface area (Å²) in [6, 6.07) is 16.8. The zero-order valence-corrected chi connectivity index (χ0v) is 17.3. The molecule has 160 valence electrons. The summed E-state index contributed by atoms with van der Waals surface area (Å²) in [6.07, 6.45) is 4.87. The Hall–Kier alpha value is -4.26. The smallest absolute Gasteiger partial charge is 0.419 e. The van der Waals surface area contributed by atoms with Crippen LogP contribution in [0.2, 0.25) is 0 Å². The van der Waals surface area contributed by atoms with Gasteiger partial charge in [-0.25, -0.2) is 14.6 Å². The Bertz CT molecular complexity index is 1220. The number of alkyl carbamates (subject to hydrolysis) is 1. The van der Waals surface area contributed by atoms with Crippen LogP contribution in [-0.4, -0.2) is 22.8 Å². The molecule has 1 aromatic heterocycles. The fraction of sp³-hybridized carbons (Fsp3) is 0.120. The first-order valence-electron chi connectivity index (χ1n) is 10.1. The van der Waals surface area contributed by atoms with Gasteiger partial charge in [0.25, 0.3) is 0 Å². The fourth-order valence-corrected chi connectivity index (χ4v) is 3.21. The number of cyclic esters (lactones) is 2. The van der Waals surface area contributed by atoms with Crippen molar-refractivity contribution in [1.82, 2.24) is 10.3 Å². The Morgan fingerprint density at radius 1 is 1.06 bits per heavy atom. The maximum Gasteiger partial charge on any atom is 0.419 e. The van der Waals surface area contributed by atoms with Gasteiger partial charge in [-0.1, -0.05) is 54.6 Å². The molecule has 32 heavy (non-hydrogen) atoms. The molecule has 0 radical (unpaired) electrons. The summed E-state index contributed by atoms with van der Waals surface area (Å²) in [5.74, 6) is 0.581.